The molecular weight excluding hydrogens is 476 g/mol. The molecule has 34 heavy (non-hydrogen) atoms. The van der Waals surface area contributed by atoms with Gasteiger partial charge in [0, 0.05) is 23.8 Å². The molecule has 0 unspecified atom stereocenters. The molecule has 4 N–H and O–H groups in total. The highest BCUT2D eigenvalue weighted by molar-refractivity contribution is 7.85. The molecule has 11 heteroatoms. The second-order valence-electron chi connectivity index (χ2n) is 7.85. The molecule has 0 bridgehead atoms. The first-order valence-corrected chi connectivity index (χ1v) is 11.9. The smallest absolute Gasteiger partial charge is 0.295 e. The van der Waals surface area contributed by atoms with Crippen LogP contribution >= 0.6 is 11.6 Å². The Morgan fingerprint density at radius 1 is 1.03 bits per heavy atom. The van der Waals surface area contributed by atoms with E-state index in [4.69, 9.17) is 23.2 Å². The summed E-state index contributed by atoms with van der Waals surface area (Å²) in [4.78, 5) is 4.49. The maximum Gasteiger partial charge on any atom is 0.295 e. The fourth-order valence-corrected chi connectivity index (χ4v) is 4.63. The third-order valence-electron chi connectivity index (χ3n) is 4.98. The van der Waals surface area contributed by atoms with Crippen molar-refractivity contribution in [1.29, 1.82) is 0 Å². The summed E-state index contributed by atoms with van der Waals surface area (Å²) in [7, 11) is -2.50. The van der Waals surface area contributed by atoms with Gasteiger partial charge in [0.05, 0.1) is 22.7 Å². The van der Waals surface area contributed by atoms with Crippen molar-refractivity contribution < 1.29 is 17.6 Å². The highest BCUT2D eigenvalue weighted by atomic mass is 35.5. The number of aryl methyl sites for hydroxylation is 4. The molecule has 0 radical (unpaired) electrons. The van der Waals surface area contributed by atoms with Gasteiger partial charge in [-0.15, -0.1) is 9.66 Å². The molecule has 0 amide bonds. The standard InChI is InChI=1S/C14H13ClN6.C9H12O3S/c1-20-8-10(7-18-20)14-19-12(6-13(16)21(14)17)9-2-4-11(15)5-3-9;1-6-4-7(2)9(8(3)5-6)13(10,11)12/h2-8,16H,17H2,1H3;4-5H,1-3H3,(H,10,11,12). The van der Waals surface area contributed by atoms with Crippen LogP contribution in [0.3, 0.4) is 0 Å². The van der Waals surface area contributed by atoms with Gasteiger partial charge in [-0.25, -0.2) is 8.42 Å². The van der Waals surface area contributed by atoms with E-state index in [9.17, 15) is 13.0 Å². The van der Waals surface area contributed by atoms with Crippen molar-refractivity contribution >= 4 is 27.5 Å². The van der Waals surface area contributed by atoms with Gasteiger partial charge >= 0.3 is 0 Å². The SMILES string of the molecule is Cc1cc(C)c(S(=O)(=O)[O-])c(C)c1.Cn1cc(-c2nc(-c3ccc(Cl)cc3)cc(N)[n+]2N)cn1. The average Bonchev–Trinajstić information content (AvgIpc) is 3.15. The Morgan fingerprint density at radius 2 is 1.62 bits per heavy atom. The number of anilines is 1. The normalized spacial score (nSPS) is 11.1. The zero-order chi connectivity index (χ0) is 25.2. The lowest BCUT2D eigenvalue weighted by atomic mass is 10.1. The van der Waals surface area contributed by atoms with Crippen molar-refractivity contribution in [3.63, 3.8) is 0 Å². The Morgan fingerprint density at radius 3 is 2.12 bits per heavy atom. The van der Waals surface area contributed by atoms with Crippen molar-refractivity contribution in [1.82, 2.24) is 14.8 Å². The minimum absolute atomic E-state index is 0.0851. The maximum atomic E-state index is 10.8. The Hall–Kier alpha value is -3.47. The Bertz CT molecular complexity index is 1430. The van der Waals surface area contributed by atoms with Crippen LogP contribution in [0.15, 0.2) is 59.8 Å². The molecule has 0 aliphatic carbocycles. The van der Waals surface area contributed by atoms with E-state index in [-0.39, 0.29) is 4.90 Å². The van der Waals surface area contributed by atoms with Crippen LogP contribution in [-0.2, 0) is 17.2 Å². The summed E-state index contributed by atoms with van der Waals surface area (Å²) < 4.78 is 35.5. The lowest BCUT2D eigenvalue weighted by Gasteiger charge is -2.14. The Kier molecular flexibility index (Phi) is 7.25. The topological polar surface area (TPSA) is 144 Å². The molecule has 2 heterocycles. The number of nitrogens with zero attached hydrogens (tertiary/aromatic N) is 4. The summed E-state index contributed by atoms with van der Waals surface area (Å²) >= 11 is 5.91. The van der Waals surface area contributed by atoms with Crippen molar-refractivity contribution in [3.05, 3.63) is 76.6 Å². The van der Waals surface area contributed by atoms with Gasteiger partial charge in [0.15, 0.2) is 5.69 Å². The molecule has 4 aromatic rings. The van der Waals surface area contributed by atoms with E-state index in [0.717, 1.165) is 22.4 Å². The summed E-state index contributed by atoms with van der Waals surface area (Å²) in [6, 6.07) is 12.5. The molecule has 0 fully saturated rings. The predicted molar refractivity (Wildman–Crippen MR) is 130 cm³/mol. The fraction of sp³-hybridized carbons (Fsp3) is 0.174. The molecule has 4 rings (SSSR count). The number of rotatable bonds is 3. The van der Waals surface area contributed by atoms with Crippen LogP contribution in [0.1, 0.15) is 16.7 Å². The van der Waals surface area contributed by atoms with Crippen molar-refractivity contribution in [2.24, 2.45) is 7.05 Å². The second-order valence-corrected chi connectivity index (χ2v) is 9.60. The fourth-order valence-electron chi connectivity index (χ4n) is 3.60. The van der Waals surface area contributed by atoms with Crippen LogP contribution in [0, 0.1) is 20.8 Å². The van der Waals surface area contributed by atoms with Crippen molar-refractivity contribution in [2.45, 2.75) is 25.7 Å². The average molecular weight is 501 g/mol. The molecule has 0 spiro atoms. The number of hydrogen-bond acceptors (Lipinski definition) is 7. The van der Waals surface area contributed by atoms with Crippen molar-refractivity contribution in [3.8, 4) is 22.6 Å². The molecule has 0 aliphatic heterocycles. The van der Waals surface area contributed by atoms with Crippen LogP contribution in [0.5, 0.6) is 0 Å². The number of aromatic nitrogens is 4. The van der Waals surface area contributed by atoms with Gasteiger partial charge in [-0.1, -0.05) is 29.3 Å². The highest BCUT2D eigenvalue weighted by Gasteiger charge is 2.19. The maximum absolute atomic E-state index is 10.8. The minimum atomic E-state index is -4.33. The van der Waals surface area contributed by atoms with E-state index in [0.29, 0.717) is 27.8 Å². The van der Waals surface area contributed by atoms with Gasteiger partial charge in [-0.3, -0.25) is 10.5 Å². The van der Waals surface area contributed by atoms with Crippen LogP contribution < -0.4 is 16.3 Å². The highest BCUT2D eigenvalue weighted by Crippen LogP contribution is 2.23. The second kappa shape index (κ2) is 9.80. The largest absolute Gasteiger partial charge is 0.744 e. The first kappa shape index (κ1) is 25.2. The van der Waals surface area contributed by atoms with Crippen molar-refractivity contribution in [2.75, 3.05) is 11.6 Å². The minimum Gasteiger partial charge on any atom is -0.744 e. The first-order chi connectivity index (χ1) is 15.9. The lowest BCUT2D eigenvalue weighted by Crippen LogP contribution is -2.49. The van der Waals surface area contributed by atoms with Crippen LogP contribution in [-0.4, -0.2) is 27.7 Å². The van der Waals surface area contributed by atoms with E-state index >= 15 is 0 Å². The molecular formula is C23H25ClN6O3S. The molecule has 0 saturated carbocycles. The summed E-state index contributed by atoms with van der Waals surface area (Å²) in [6.07, 6.45) is 3.52. The number of halogens is 1. The van der Waals surface area contributed by atoms with Gasteiger partial charge in [-0.2, -0.15) is 5.10 Å². The van der Waals surface area contributed by atoms with Gasteiger partial charge in [0.25, 0.3) is 5.82 Å². The molecule has 0 saturated heterocycles. The third kappa shape index (κ3) is 5.71. The number of hydrogen-bond donors (Lipinski definition) is 2. The zero-order valence-electron chi connectivity index (χ0n) is 19.2. The Balaban J connectivity index is 0.000000215. The Labute approximate surface area is 203 Å². The van der Waals surface area contributed by atoms with E-state index in [1.54, 1.807) is 42.9 Å². The van der Waals surface area contributed by atoms with Gasteiger partial charge in [0.2, 0.25) is 5.82 Å². The van der Waals surface area contributed by atoms with E-state index in [1.807, 2.05) is 44.4 Å². The lowest BCUT2D eigenvalue weighted by molar-refractivity contribution is -0.615. The van der Waals surface area contributed by atoms with E-state index in [1.165, 1.54) is 4.68 Å². The first-order valence-electron chi connectivity index (χ1n) is 10.1. The number of nitrogens with two attached hydrogens (primary N) is 2. The van der Waals surface area contributed by atoms with Crippen LogP contribution in [0.25, 0.3) is 22.6 Å². The van der Waals surface area contributed by atoms with Gasteiger partial charge in [0.1, 0.15) is 10.1 Å². The summed E-state index contributed by atoms with van der Waals surface area (Å²) in [5.74, 6) is 6.93. The quantitative estimate of drug-likeness (QED) is 0.250. The zero-order valence-corrected chi connectivity index (χ0v) is 20.7. The summed E-state index contributed by atoms with van der Waals surface area (Å²) in [6.45, 7) is 5.12. The molecule has 2 aromatic heterocycles. The predicted octanol–water partition coefficient (Wildman–Crippen LogP) is 2.90. The van der Waals surface area contributed by atoms with Crippen LogP contribution in [0.4, 0.5) is 5.82 Å². The van der Waals surface area contributed by atoms with Gasteiger partial charge in [-0.05, 0) is 56.2 Å². The summed E-state index contributed by atoms with van der Waals surface area (Å²) in [5, 5.41) is 4.80. The van der Waals surface area contributed by atoms with E-state index in [2.05, 4.69) is 10.1 Å². The molecule has 0 atom stereocenters. The van der Waals surface area contributed by atoms with E-state index < -0.39 is 10.1 Å². The molecule has 2 aromatic carbocycles. The number of nitrogen functional groups attached to an aromatic ring is 2. The molecule has 178 valence electrons. The van der Waals surface area contributed by atoms with Crippen LogP contribution in [0.2, 0.25) is 5.02 Å². The summed E-state index contributed by atoms with van der Waals surface area (Å²) in [5.41, 5.74) is 10.4. The third-order valence-corrected chi connectivity index (χ3v) is 6.37. The number of benzene rings is 2. The molecule has 0 aliphatic rings. The van der Waals surface area contributed by atoms with Gasteiger partial charge < -0.3 is 10.3 Å². The monoisotopic (exact) mass is 500 g/mol. The molecule has 9 nitrogen and oxygen atoms in total.